The van der Waals surface area contributed by atoms with Crippen LogP contribution in [-0.4, -0.2) is 19.1 Å². The number of carbonyl (C=O) groups excluding carboxylic acids is 1. The van der Waals surface area contributed by atoms with Crippen LogP contribution in [0.1, 0.15) is 24.5 Å². The molecule has 0 saturated carbocycles. The van der Waals surface area contributed by atoms with E-state index in [0.717, 1.165) is 24.2 Å². The maximum absolute atomic E-state index is 12.0. The second kappa shape index (κ2) is 8.23. The maximum Gasteiger partial charge on any atom is 0.224 e. The normalized spacial score (nSPS) is 11.7. The molecule has 0 unspecified atom stereocenters. The highest BCUT2D eigenvalue weighted by atomic mass is 16.5. The number of ether oxygens (including phenoxy) is 1. The molecule has 0 aliphatic heterocycles. The van der Waals surface area contributed by atoms with Crippen molar-refractivity contribution < 1.29 is 9.53 Å². The second-order valence-electron chi connectivity index (χ2n) is 5.52. The van der Waals surface area contributed by atoms with Crippen LogP contribution in [-0.2, 0) is 17.6 Å². The van der Waals surface area contributed by atoms with E-state index in [1.165, 1.54) is 5.56 Å². The molecule has 0 fully saturated rings. The second-order valence-corrected chi connectivity index (χ2v) is 5.52. The number of hydrogen-bond acceptors (Lipinski definition) is 2. The van der Waals surface area contributed by atoms with Gasteiger partial charge in [-0.15, -0.1) is 0 Å². The number of rotatable bonds is 7. The van der Waals surface area contributed by atoms with Crippen molar-refractivity contribution in [3.63, 3.8) is 0 Å². The molecule has 2 rings (SSSR count). The van der Waals surface area contributed by atoms with Gasteiger partial charge in [0.05, 0.1) is 13.5 Å². The fourth-order valence-corrected chi connectivity index (χ4v) is 2.35. The number of carbonyl (C=O) groups is 1. The molecule has 0 aromatic heterocycles. The third-order valence-corrected chi connectivity index (χ3v) is 3.64. The summed E-state index contributed by atoms with van der Waals surface area (Å²) in [5.41, 5.74) is 2.30. The van der Waals surface area contributed by atoms with Crippen molar-refractivity contribution in [1.29, 1.82) is 0 Å². The van der Waals surface area contributed by atoms with E-state index in [1.54, 1.807) is 7.11 Å². The lowest BCUT2D eigenvalue weighted by Gasteiger charge is -2.14. The van der Waals surface area contributed by atoms with Crippen LogP contribution in [0.2, 0.25) is 0 Å². The molecule has 1 N–H and O–H groups in total. The van der Waals surface area contributed by atoms with Gasteiger partial charge in [0.15, 0.2) is 0 Å². The van der Waals surface area contributed by atoms with Gasteiger partial charge in [0, 0.05) is 6.04 Å². The van der Waals surface area contributed by atoms with Gasteiger partial charge in [0.2, 0.25) is 5.91 Å². The van der Waals surface area contributed by atoms with Gasteiger partial charge < -0.3 is 10.1 Å². The molecular formula is C19H23NO2. The van der Waals surface area contributed by atoms with Crippen molar-refractivity contribution in [2.45, 2.75) is 32.2 Å². The van der Waals surface area contributed by atoms with Crippen molar-refractivity contribution in [1.82, 2.24) is 5.32 Å². The summed E-state index contributed by atoms with van der Waals surface area (Å²) in [5.74, 6) is 0.867. The predicted octanol–water partition coefficient (Wildman–Crippen LogP) is 3.38. The average Bonchev–Trinajstić information content (AvgIpc) is 2.54. The maximum atomic E-state index is 12.0. The first-order valence-electron chi connectivity index (χ1n) is 7.63. The van der Waals surface area contributed by atoms with Crippen LogP contribution >= 0.6 is 0 Å². The van der Waals surface area contributed by atoms with E-state index < -0.39 is 0 Å². The zero-order valence-corrected chi connectivity index (χ0v) is 13.2. The van der Waals surface area contributed by atoms with Crippen LogP contribution in [0.15, 0.2) is 54.6 Å². The summed E-state index contributed by atoms with van der Waals surface area (Å²) in [7, 11) is 1.64. The highest BCUT2D eigenvalue weighted by Crippen LogP contribution is 2.12. The molecule has 1 atom stereocenters. The summed E-state index contributed by atoms with van der Waals surface area (Å²) in [6.45, 7) is 2.05. The molecule has 0 bridgehead atoms. The van der Waals surface area contributed by atoms with Crippen molar-refractivity contribution in [2.24, 2.45) is 0 Å². The Hall–Kier alpha value is -2.29. The Bertz CT molecular complexity index is 578. The first kappa shape index (κ1) is 16.1. The largest absolute Gasteiger partial charge is 0.497 e. The van der Waals surface area contributed by atoms with E-state index in [2.05, 4.69) is 24.4 Å². The molecule has 22 heavy (non-hydrogen) atoms. The molecule has 0 spiro atoms. The van der Waals surface area contributed by atoms with Crippen LogP contribution in [0.25, 0.3) is 0 Å². The Labute approximate surface area is 132 Å². The van der Waals surface area contributed by atoms with Gasteiger partial charge in [-0.05, 0) is 43.0 Å². The Kier molecular flexibility index (Phi) is 6.01. The molecule has 3 nitrogen and oxygen atoms in total. The van der Waals surface area contributed by atoms with Gasteiger partial charge in [-0.3, -0.25) is 4.79 Å². The average molecular weight is 297 g/mol. The van der Waals surface area contributed by atoms with E-state index in [-0.39, 0.29) is 11.9 Å². The fourth-order valence-electron chi connectivity index (χ4n) is 2.35. The quantitative estimate of drug-likeness (QED) is 0.851. The highest BCUT2D eigenvalue weighted by molar-refractivity contribution is 5.78. The van der Waals surface area contributed by atoms with Crippen LogP contribution in [0.5, 0.6) is 5.75 Å². The summed E-state index contributed by atoms with van der Waals surface area (Å²) >= 11 is 0. The van der Waals surface area contributed by atoms with Gasteiger partial charge >= 0.3 is 0 Å². The monoisotopic (exact) mass is 297 g/mol. The molecular weight excluding hydrogens is 274 g/mol. The van der Waals surface area contributed by atoms with Gasteiger partial charge in [-0.25, -0.2) is 0 Å². The first-order valence-corrected chi connectivity index (χ1v) is 7.63. The number of aryl methyl sites for hydroxylation is 1. The minimum absolute atomic E-state index is 0.0609. The lowest BCUT2D eigenvalue weighted by Crippen LogP contribution is -2.34. The lowest BCUT2D eigenvalue weighted by molar-refractivity contribution is -0.121. The van der Waals surface area contributed by atoms with Crippen LogP contribution in [0.4, 0.5) is 0 Å². The summed E-state index contributed by atoms with van der Waals surface area (Å²) in [6.07, 6.45) is 2.32. The summed E-state index contributed by atoms with van der Waals surface area (Å²) in [5, 5.41) is 3.06. The molecule has 0 aliphatic rings. The van der Waals surface area contributed by atoms with Crippen molar-refractivity contribution in [2.75, 3.05) is 7.11 Å². The molecule has 1 amide bonds. The van der Waals surface area contributed by atoms with Crippen molar-refractivity contribution >= 4 is 5.91 Å². The molecule has 2 aromatic rings. The predicted molar refractivity (Wildman–Crippen MR) is 89.1 cm³/mol. The van der Waals surface area contributed by atoms with Gasteiger partial charge in [-0.1, -0.05) is 42.5 Å². The minimum Gasteiger partial charge on any atom is -0.497 e. The van der Waals surface area contributed by atoms with E-state index in [1.807, 2.05) is 42.5 Å². The first-order chi connectivity index (χ1) is 10.7. The molecule has 116 valence electrons. The molecule has 0 saturated heterocycles. The molecule has 3 heteroatoms. The van der Waals surface area contributed by atoms with Crippen LogP contribution in [0.3, 0.4) is 0 Å². The van der Waals surface area contributed by atoms with Gasteiger partial charge in [0.25, 0.3) is 0 Å². The van der Waals surface area contributed by atoms with E-state index in [0.29, 0.717) is 6.42 Å². The fraction of sp³-hybridized carbons (Fsp3) is 0.316. The van der Waals surface area contributed by atoms with Crippen LogP contribution < -0.4 is 10.1 Å². The Morgan fingerprint density at radius 1 is 1.05 bits per heavy atom. The third-order valence-electron chi connectivity index (χ3n) is 3.64. The Balaban J connectivity index is 1.75. The van der Waals surface area contributed by atoms with Crippen molar-refractivity contribution in [3.05, 3.63) is 65.7 Å². The minimum atomic E-state index is 0.0609. The molecule has 0 aliphatic carbocycles. The summed E-state index contributed by atoms with van der Waals surface area (Å²) < 4.78 is 5.11. The molecule has 0 radical (unpaired) electrons. The topological polar surface area (TPSA) is 38.3 Å². The number of nitrogens with one attached hydrogen (secondary N) is 1. The zero-order valence-electron chi connectivity index (χ0n) is 13.2. The third kappa shape index (κ3) is 5.24. The standard InChI is InChI=1S/C19H23NO2/c1-15(8-9-16-6-4-3-5-7-16)20-19(21)14-17-10-12-18(22-2)13-11-17/h3-7,10-13,15H,8-9,14H2,1-2H3,(H,20,21)/t15-/m0/s1. The van der Waals surface area contributed by atoms with Gasteiger partial charge in [-0.2, -0.15) is 0 Å². The van der Waals surface area contributed by atoms with Crippen LogP contribution in [0, 0.1) is 0 Å². The number of methoxy groups -OCH3 is 1. The number of hydrogen-bond donors (Lipinski definition) is 1. The van der Waals surface area contributed by atoms with E-state index in [4.69, 9.17) is 4.74 Å². The van der Waals surface area contributed by atoms with Crippen molar-refractivity contribution in [3.8, 4) is 5.75 Å². The zero-order chi connectivity index (χ0) is 15.8. The summed E-state index contributed by atoms with van der Waals surface area (Å²) in [4.78, 5) is 12.0. The van der Waals surface area contributed by atoms with E-state index >= 15 is 0 Å². The Morgan fingerprint density at radius 3 is 2.36 bits per heavy atom. The number of amides is 1. The van der Waals surface area contributed by atoms with Gasteiger partial charge in [0.1, 0.15) is 5.75 Å². The lowest BCUT2D eigenvalue weighted by atomic mass is 10.1. The summed E-state index contributed by atoms with van der Waals surface area (Å²) in [6, 6.07) is 18.1. The molecule has 2 aromatic carbocycles. The SMILES string of the molecule is COc1ccc(CC(=O)N[C@@H](C)CCc2ccccc2)cc1. The Morgan fingerprint density at radius 2 is 1.73 bits per heavy atom. The highest BCUT2D eigenvalue weighted by Gasteiger charge is 2.08. The molecule has 0 heterocycles. The van der Waals surface area contributed by atoms with E-state index in [9.17, 15) is 4.79 Å². The number of benzene rings is 2. The smallest absolute Gasteiger partial charge is 0.224 e.